The van der Waals surface area contributed by atoms with Crippen molar-refractivity contribution in [1.82, 2.24) is 0 Å². The van der Waals surface area contributed by atoms with E-state index in [4.69, 9.17) is 27.0 Å². The van der Waals surface area contributed by atoms with Gasteiger partial charge in [-0.15, -0.1) is 0 Å². The fourth-order valence-corrected chi connectivity index (χ4v) is 4.47. The number of thiocarbonyl (C=S) groups is 1. The number of carbonyl (C=O) groups excluding carboxylic acids is 1. The van der Waals surface area contributed by atoms with Crippen LogP contribution < -0.4 is 14.5 Å². The maximum Gasteiger partial charge on any atom is 0.417 e. The summed E-state index contributed by atoms with van der Waals surface area (Å²) in [5, 5.41) is 18.9. The standard InChI is InChI=1S/C23H20F3N3O4S/c1-22(2)20(31)28(15-4-3-13(10-27)17(9-15)23(24,25)26)21(34)29(22)14-5-7-16(8-6-14)33-19-12-32-11-18(19)30/h3-9,18-19,30H,11-12H2,1-2H3/t18-,19?/m1/s1. The summed E-state index contributed by atoms with van der Waals surface area (Å²) in [5.74, 6) is -0.0341. The van der Waals surface area contributed by atoms with Gasteiger partial charge in [-0.3, -0.25) is 9.69 Å². The molecule has 0 aromatic heterocycles. The number of nitriles is 1. The Hall–Kier alpha value is -3.20. The highest BCUT2D eigenvalue weighted by atomic mass is 32.1. The molecule has 11 heteroatoms. The number of hydrogen-bond donors (Lipinski definition) is 1. The number of aliphatic hydroxyl groups is 1. The van der Waals surface area contributed by atoms with E-state index in [1.807, 2.05) is 0 Å². The van der Waals surface area contributed by atoms with Crippen molar-refractivity contribution in [3.63, 3.8) is 0 Å². The van der Waals surface area contributed by atoms with Crippen molar-refractivity contribution in [2.45, 2.75) is 37.8 Å². The van der Waals surface area contributed by atoms with E-state index < -0.39 is 41.0 Å². The number of carbonyl (C=O) groups is 1. The van der Waals surface area contributed by atoms with Crippen LogP contribution in [0.25, 0.3) is 0 Å². The van der Waals surface area contributed by atoms with Gasteiger partial charge in [-0.05, 0) is 68.5 Å². The number of hydrogen-bond acceptors (Lipinski definition) is 6. The molecule has 2 aromatic carbocycles. The normalized spacial score (nSPS) is 22.3. The number of anilines is 2. The Kier molecular flexibility index (Phi) is 6.01. The van der Waals surface area contributed by atoms with E-state index in [2.05, 4.69) is 0 Å². The minimum Gasteiger partial charge on any atom is -0.485 e. The molecular weight excluding hydrogens is 471 g/mol. The van der Waals surface area contributed by atoms with Gasteiger partial charge in [0, 0.05) is 5.69 Å². The summed E-state index contributed by atoms with van der Waals surface area (Å²) < 4.78 is 51.3. The van der Waals surface area contributed by atoms with Crippen LogP contribution >= 0.6 is 12.2 Å². The lowest BCUT2D eigenvalue weighted by Crippen LogP contribution is -2.44. The molecule has 178 valence electrons. The Balaban J connectivity index is 1.65. The van der Waals surface area contributed by atoms with Gasteiger partial charge in [0.2, 0.25) is 0 Å². The first-order chi connectivity index (χ1) is 15.9. The summed E-state index contributed by atoms with van der Waals surface area (Å²) in [6.07, 6.45) is -5.99. The van der Waals surface area contributed by atoms with Gasteiger partial charge in [0.15, 0.2) is 5.11 Å². The van der Waals surface area contributed by atoms with Crippen LogP contribution in [0.4, 0.5) is 24.5 Å². The number of rotatable bonds is 4. The Morgan fingerprint density at radius 3 is 2.38 bits per heavy atom. The number of halogens is 3. The van der Waals surface area contributed by atoms with E-state index >= 15 is 0 Å². The molecule has 0 spiro atoms. The number of alkyl halides is 3. The largest absolute Gasteiger partial charge is 0.485 e. The van der Waals surface area contributed by atoms with Crippen molar-refractivity contribution < 1.29 is 32.5 Å². The van der Waals surface area contributed by atoms with Gasteiger partial charge < -0.3 is 19.5 Å². The first-order valence-electron chi connectivity index (χ1n) is 10.3. The number of aliphatic hydroxyl groups excluding tert-OH is 1. The second-order valence-corrected chi connectivity index (χ2v) is 8.78. The molecule has 2 heterocycles. The molecule has 1 amide bonds. The summed E-state index contributed by atoms with van der Waals surface area (Å²) in [6.45, 7) is 3.70. The molecule has 0 radical (unpaired) electrons. The lowest BCUT2D eigenvalue weighted by atomic mass is 10.0. The maximum absolute atomic E-state index is 13.5. The fraction of sp³-hybridized carbons (Fsp3) is 0.348. The molecule has 2 aliphatic rings. The minimum atomic E-state index is -4.77. The Morgan fingerprint density at radius 1 is 1.18 bits per heavy atom. The van der Waals surface area contributed by atoms with Crippen LogP contribution in [0.15, 0.2) is 42.5 Å². The lowest BCUT2D eigenvalue weighted by molar-refractivity contribution is -0.137. The molecule has 2 fully saturated rings. The van der Waals surface area contributed by atoms with Crippen molar-refractivity contribution >= 4 is 34.6 Å². The van der Waals surface area contributed by atoms with Gasteiger partial charge in [0.05, 0.1) is 36.1 Å². The quantitative estimate of drug-likeness (QED) is 0.654. The van der Waals surface area contributed by atoms with Crippen molar-refractivity contribution in [3.8, 4) is 11.8 Å². The van der Waals surface area contributed by atoms with Crippen LogP contribution in [0, 0.1) is 11.3 Å². The van der Waals surface area contributed by atoms with Crippen molar-refractivity contribution in [2.24, 2.45) is 0 Å². The minimum absolute atomic E-state index is 0.00103. The number of ether oxygens (including phenoxy) is 2. The molecule has 34 heavy (non-hydrogen) atoms. The van der Waals surface area contributed by atoms with E-state index in [1.165, 1.54) is 12.1 Å². The third-order valence-corrected chi connectivity index (χ3v) is 6.10. The average molecular weight is 491 g/mol. The van der Waals surface area contributed by atoms with Gasteiger partial charge in [0.25, 0.3) is 5.91 Å². The Labute approximate surface area is 198 Å². The van der Waals surface area contributed by atoms with Crippen molar-refractivity contribution in [1.29, 1.82) is 5.26 Å². The number of nitrogens with zero attached hydrogens (tertiary/aromatic N) is 3. The molecule has 2 aliphatic heterocycles. The Bertz CT molecular complexity index is 1180. The van der Waals surface area contributed by atoms with Gasteiger partial charge in [-0.2, -0.15) is 18.4 Å². The summed E-state index contributed by atoms with van der Waals surface area (Å²) in [4.78, 5) is 15.8. The fourth-order valence-electron chi connectivity index (χ4n) is 3.94. The van der Waals surface area contributed by atoms with Crippen LogP contribution in [0.5, 0.6) is 5.75 Å². The van der Waals surface area contributed by atoms with Crippen LogP contribution in [-0.2, 0) is 15.7 Å². The van der Waals surface area contributed by atoms with Crippen molar-refractivity contribution in [2.75, 3.05) is 23.0 Å². The molecule has 2 saturated heterocycles. The van der Waals surface area contributed by atoms with E-state index in [9.17, 15) is 23.1 Å². The molecule has 4 rings (SSSR count). The summed E-state index contributed by atoms with van der Waals surface area (Å²) in [6, 6.07) is 11.2. The third kappa shape index (κ3) is 4.09. The van der Waals surface area contributed by atoms with Crippen molar-refractivity contribution in [3.05, 3.63) is 53.6 Å². The topological polar surface area (TPSA) is 86.0 Å². The van der Waals surface area contributed by atoms with Crippen LogP contribution in [0.1, 0.15) is 25.0 Å². The lowest BCUT2D eigenvalue weighted by Gasteiger charge is -2.29. The molecule has 0 aliphatic carbocycles. The second kappa shape index (κ2) is 8.54. The smallest absolute Gasteiger partial charge is 0.417 e. The zero-order valence-corrected chi connectivity index (χ0v) is 19.0. The summed E-state index contributed by atoms with van der Waals surface area (Å²) in [7, 11) is 0. The summed E-state index contributed by atoms with van der Waals surface area (Å²) >= 11 is 5.52. The third-order valence-electron chi connectivity index (χ3n) is 5.74. The van der Waals surface area contributed by atoms with Crippen LogP contribution in [0.2, 0.25) is 0 Å². The molecular formula is C23H20F3N3O4S. The van der Waals surface area contributed by atoms with E-state index in [-0.39, 0.29) is 24.0 Å². The molecule has 1 unspecified atom stereocenters. The SMILES string of the molecule is CC1(C)C(=O)N(c2ccc(C#N)c(C(F)(F)F)c2)C(=S)N1c1ccc(OC2COC[C@H]2O)cc1. The molecule has 0 bridgehead atoms. The van der Waals surface area contributed by atoms with Gasteiger partial charge in [-0.1, -0.05) is 0 Å². The average Bonchev–Trinajstić information content (AvgIpc) is 3.25. The highest BCUT2D eigenvalue weighted by Gasteiger charge is 2.50. The highest BCUT2D eigenvalue weighted by Crippen LogP contribution is 2.40. The Morgan fingerprint density at radius 2 is 1.82 bits per heavy atom. The number of amides is 1. The zero-order chi connectivity index (χ0) is 24.8. The van der Waals surface area contributed by atoms with Gasteiger partial charge >= 0.3 is 6.18 Å². The molecule has 2 atom stereocenters. The van der Waals surface area contributed by atoms with E-state index in [0.717, 1.165) is 17.0 Å². The molecule has 1 N–H and O–H groups in total. The molecule has 0 saturated carbocycles. The maximum atomic E-state index is 13.5. The van der Waals surface area contributed by atoms with Gasteiger partial charge in [-0.25, -0.2) is 0 Å². The monoisotopic (exact) mass is 491 g/mol. The second-order valence-electron chi connectivity index (χ2n) is 8.41. The van der Waals surface area contributed by atoms with Crippen LogP contribution in [-0.4, -0.2) is 47.1 Å². The highest BCUT2D eigenvalue weighted by molar-refractivity contribution is 7.81. The molecule has 2 aromatic rings. The first-order valence-corrected chi connectivity index (χ1v) is 10.7. The number of benzene rings is 2. The van der Waals surface area contributed by atoms with Crippen LogP contribution in [0.3, 0.4) is 0 Å². The predicted octanol–water partition coefficient (Wildman–Crippen LogP) is 3.63. The predicted molar refractivity (Wildman–Crippen MR) is 120 cm³/mol. The van der Waals surface area contributed by atoms with Gasteiger partial charge in [0.1, 0.15) is 23.5 Å². The van der Waals surface area contributed by atoms with E-state index in [0.29, 0.717) is 11.4 Å². The summed E-state index contributed by atoms with van der Waals surface area (Å²) in [5.41, 5.74) is -2.42. The zero-order valence-electron chi connectivity index (χ0n) is 18.2. The first kappa shape index (κ1) is 23.9. The van der Waals surface area contributed by atoms with E-state index in [1.54, 1.807) is 43.0 Å². The molecule has 7 nitrogen and oxygen atoms in total.